The predicted octanol–water partition coefficient (Wildman–Crippen LogP) is 18.2. The van der Waals surface area contributed by atoms with Crippen LogP contribution in [0.2, 0.25) is 0 Å². The molecule has 1 heterocycles. The minimum atomic E-state index is -0.574. The number of benzene rings is 10. The van der Waals surface area contributed by atoms with Crippen molar-refractivity contribution in [3.63, 3.8) is 0 Å². The Morgan fingerprint density at radius 2 is 0.739 bits per heavy atom. The van der Waals surface area contributed by atoms with E-state index < -0.39 is 5.41 Å². The molecule has 2 nitrogen and oxygen atoms in total. The molecular formula is C66H46N2S. The second-order valence-corrected chi connectivity index (χ2v) is 20.3. The molecule has 1 aromatic heterocycles. The van der Waals surface area contributed by atoms with Crippen molar-refractivity contribution in [1.82, 2.24) is 0 Å². The van der Waals surface area contributed by atoms with Gasteiger partial charge in [-0.15, -0.1) is 11.3 Å². The van der Waals surface area contributed by atoms with E-state index in [9.17, 15) is 0 Å². The van der Waals surface area contributed by atoms with E-state index in [0.29, 0.717) is 0 Å². The topological polar surface area (TPSA) is 6.48 Å². The number of anilines is 6. The first-order valence-corrected chi connectivity index (χ1v) is 24.8. The molecule has 3 aliphatic carbocycles. The largest absolute Gasteiger partial charge is 0.310 e. The normalized spacial score (nSPS) is 15.3. The summed E-state index contributed by atoms with van der Waals surface area (Å²) in [6.45, 7) is 4.75. The minimum Gasteiger partial charge on any atom is -0.310 e. The molecule has 3 heteroatoms. The Morgan fingerprint density at radius 1 is 0.319 bits per heavy atom. The number of thiophene rings is 1. The Balaban J connectivity index is 1.03. The van der Waals surface area contributed by atoms with Crippen molar-refractivity contribution in [2.75, 3.05) is 9.80 Å². The first-order chi connectivity index (χ1) is 34.0. The zero-order valence-electron chi connectivity index (χ0n) is 38.4. The van der Waals surface area contributed by atoms with Crippen molar-refractivity contribution in [2.45, 2.75) is 24.7 Å². The Morgan fingerprint density at radius 3 is 1.39 bits per heavy atom. The van der Waals surface area contributed by atoms with Gasteiger partial charge < -0.3 is 9.80 Å². The molecule has 10 aromatic carbocycles. The van der Waals surface area contributed by atoms with Crippen molar-refractivity contribution >= 4 is 55.5 Å². The lowest BCUT2D eigenvalue weighted by molar-refractivity contribution is 0.660. The Labute approximate surface area is 407 Å². The molecule has 69 heavy (non-hydrogen) atoms. The molecule has 3 aliphatic rings. The number of fused-ring (bicyclic) bond motifs is 15. The van der Waals surface area contributed by atoms with E-state index in [1.165, 1.54) is 87.3 Å². The van der Waals surface area contributed by atoms with Crippen LogP contribution >= 0.6 is 11.3 Å². The van der Waals surface area contributed by atoms with Gasteiger partial charge in [0, 0.05) is 60.1 Å². The van der Waals surface area contributed by atoms with Crippen LogP contribution in [0, 0.1) is 0 Å². The average molecular weight is 899 g/mol. The van der Waals surface area contributed by atoms with Crippen molar-refractivity contribution < 1.29 is 0 Å². The summed E-state index contributed by atoms with van der Waals surface area (Å²) in [5.41, 5.74) is 23.0. The number of para-hydroxylation sites is 2. The van der Waals surface area contributed by atoms with Crippen LogP contribution in [0.3, 0.4) is 0 Å². The van der Waals surface area contributed by atoms with Crippen LogP contribution in [0.4, 0.5) is 34.1 Å². The van der Waals surface area contributed by atoms with E-state index in [-0.39, 0.29) is 5.41 Å². The van der Waals surface area contributed by atoms with Gasteiger partial charge in [0.2, 0.25) is 0 Å². The molecule has 0 saturated heterocycles. The average Bonchev–Trinajstić information content (AvgIpc) is 4.09. The highest BCUT2D eigenvalue weighted by Crippen LogP contribution is 2.67. The van der Waals surface area contributed by atoms with E-state index in [4.69, 9.17) is 0 Å². The van der Waals surface area contributed by atoms with Crippen molar-refractivity contribution in [3.8, 4) is 44.5 Å². The maximum atomic E-state index is 2.54. The summed E-state index contributed by atoms with van der Waals surface area (Å²) in [6, 6.07) is 90.3. The van der Waals surface area contributed by atoms with Gasteiger partial charge in [-0.1, -0.05) is 178 Å². The molecule has 1 spiro atoms. The first kappa shape index (κ1) is 39.9. The van der Waals surface area contributed by atoms with Gasteiger partial charge in [0.05, 0.1) is 5.41 Å². The molecule has 0 saturated carbocycles. The van der Waals surface area contributed by atoms with Crippen LogP contribution in [0.25, 0.3) is 54.6 Å². The summed E-state index contributed by atoms with van der Waals surface area (Å²) in [6.07, 6.45) is 0. The molecule has 0 amide bonds. The van der Waals surface area contributed by atoms with Gasteiger partial charge in [0.25, 0.3) is 0 Å². The third kappa shape index (κ3) is 5.78. The van der Waals surface area contributed by atoms with Crippen LogP contribution in [0.15, 0.2) is 243 Å². The SMILES string of the molecule is CC1(C)c2ccccc2-c2ccc(N(c3ccc(-c4ccccc4)cc3)c3ccc4c(c3)C3(c5ccccc5-c5ccc(N(c6ccccc6)c6ccccc6)cc53)c3sc5ccccc5c3-4)cc21. The van der Waals surface area contributed by atoms with Crippen molar-refractivity contribution in [3.05, 3.63) is 275 Å². The summed E-state index contributed by atoms with van der Waals surface area (Å²) < 4.78 is 1.32. The molecule has 0 N–H and O–H groups in total. The minimum absolute atomic E-state index is 0.148. The maximum absolute atomic E-state index is 2.54. The molecular weight excluding hydrogens is 853 g/mol. The molecule has 11 aromatic rings. The highest BCUT2D eigenvalue weighted by molar-refractivity contribution is 7.20. The lowest BCUT2D eigenvalue weighted by atomic mass is 9.73. The van der Waals surface area contributed by atoms with Crippen LogP contribution in [0.5, 0.6) is 0 Å². The van der Waals surface area contributed by atoms with Gasteiger partial charge in [-0.05, 0) is 146 Å². The zero-order valence-corrected chi connectivity index (χ0v) is 39.2. The number of hydrogen-bond donors (Lipinski definition) is 0. The van der Waals surface area contributed by atoms with Crippen molar-refractivity contribution in [1.29, 1.82) is 0 Å². The smallest absolute Gasteiger partial charge is 0.0820 e. The van der Waals surface area contributed by atoms with Gasteiger partial charge in [-0.3, -0.25) is 0 Å². The second kappa shape index (κ2) is 15.1. The van der Waals surface area contributed by atoms with Crippen LogP contribution in [-0.4, -0.2) is 0 Å². The molecule has 0 radical (unpaired) electrons. The standard InChI is InChI=1S/C66H46N2S/c1-65(2)57-27-15-12-24-51(57)53-37-34-48(40-59(53)65)68(47-32-30-44(31-33-47)43-18-6-3-7-19-43)50-36-39-55-61(42-50)66(64-63(55)56-26-14-17-29-62(56)69-64)58-28-16-13-25-52(58)54-38-35-49(41-60(54)66)67(45-20-8-4-9-21-45)46-22-10-5-11-23-46/h3-42H,1-2H3. The van der Waals surface area contributed by atoms with Crippen LogP contribution in [-0.2, 0) is 10.8 Å². The van der Waals surface area contributed by atoms with Gasteiger partial charge >= 0.3 is 0 Å². The Hall–Kier alpha value is -8.24. The summed E-state index contributed by atoms with van der Waals surface area (Å²) >= 11 is 1.96. The van der Waals surface area contributed by atoms with Crippen LogP contribution in [0.1, 0.15) is 46.5 Å². The Kier molecular flexibility index (Phi) is 8.75. The van der Waals surface area contributed by atoms with E-state index in [1.54, 1.807) is 0 Å². The number of nitrogens with zero attached hydrogens (tertiary/aromatic N) is 2. The van der Waals surface area contributed by atoms with E-state index in [2.05, 4.69) is 266 Å². The molecule has 0 aliphatic heterocycles. The predicted molar refractivity (Wildman–Crippen MR) is 290 cm³/mol. The lowest BCUT2D eigenvalue weighted by Crippen LogP contribution is -2.26. The van der Waals surface area contributed by atoms with E-state index in [1.807, 2.05) is 11.3 Å². The third-order valence-electron chi connectivity index (χ3n) is 15.2. The quantitative estimate of drug-likeness (QED) is 0.157. The zero-order chi connectivity index (χ0) is 45.8. The maximum Gasteiger partial charge on any atom is 0.0820 e. The number of hydrogen-bond acceptors (Lipinski definition) is 3. The number of rotatable bonds is 7. The summed E-state index contributed by atoms with van der Waals surface area (Å²) in [5, 5.41) is 1.31. The fourth-order valence-corrected chi connectivity index (χ4v) is 13.6. The molecule has 326 valence electrons. The van der Waals surface area contributed by atoms with Crippen LogP contribution < -0.4 is 9.80 Å². The molecule has 1 unspecified atom stereocenters. The molecule has 0 bridgehead atoms. The fraction of sp³-hybridized carbons (Fsp3) is 0.0606. The summed E-state index contributed by atoms with van der Waals surface area (Å²) in [5.74, 6) is 0. The van der Waals surface area contributed by atoms with Gasteiger partial charge in [0.1, 0.15) is 0 Å². The van der Waals surface area contributed by atoms with Gasteiger partial charge in [-0.2, -0.15) is 0 Å². The second-order valence-electron chi connectivity index (χ2n) is 19.2. The summed E-state index contributed by atoms with van der Waals surface area (Å²) in [7, 11) is 0. The fourth-order valence-electron chi connectivity index (χ4n) is 12.2. The molecule has 1 atom stereocenters. The Bertz CT molecular complexity index is 3770. The van der Waals surface area contributed by atoms with Crippen molar-refractivity contribution in [2.24, 2.45) is 0 Å². The highest BCUT2D eigenvalue weighted by Gasteiger charge is 2.54. The monoisotopic (exact) mass is 898 g/mol. The molecule has 0 fully saturated rings. The van der Waals surface area contributed by atoms with Gasteiger partial charge in [0.15, 0.2) is 0 Å². The van der Waals surface area contributed by atoms with E-state index >= 15 is 0 Å². The highest BCUT2D eigenvalue weighted by atomic mass is 32.1. The summed E-state index contributed by atoms with van der Waals surface area (Å²) in [4.78, 5) is 6.29. The molecule has 14 rings (SSSR count). The lowest BCUT2D eigenvalue weighted by Gasteiger charge is -2.33. The third-order valence-corrected chi connectivity index (χ3v) is 16.5. The van der Waals surface area contributed by atoms with Gasteiger partial charge in [-0.25, -0.2) is 0 Å². The van der Waals surface area contributed by atoms with E-state index in [0.717, 1.165) is 34.1 Å². The first-order valence-electron chi connectivity index (χ1n) is 24.0.